The summed E-state index contributed by atoms with van der Waals surface area (Å²) in [7, 11) is 1.39. The lowest BCUT2D eigenvalue weighted by molar-refractivity contribution is -0.149. The number of carbonyl (C=O) groups is 1. The maximum absolute atomic E-state index is 13.2. The zero-order valence-corrected chi connectivity index (χ0v) is 10.8. The second-order valence-electron chi connectivity index (χ2n) is 4.63. The van der Waals surface area contributed by atoms with Gasteiger partial charge in [0.05, 0.1) is 7.11 Å². The molecule has 3 nitrogen and oxygen atoms in total. The summed E-state index contributed by atoms with van der Waals surface area (Å²) in [5, 5.41) is 3.27. The molecule has 1 aromatic rings. The Morgan fingerprint density at radius 1 is 1.56 bits per heavy atom. The van der Waals surface area contributed by atoms with Crippen LogP contribution in [-0.4, -0.2) is 19.6 Å². The van der Waals surface area contributed by atoms with E-state index in [4.69, 9.17) is 4.74 Å². The van der Waals surface area contributed by atoms with E-state index >= 15 is 0 Å². The van der Waals surface area contributed by atoms with Gasteiger partial charge in [-0.1, -0.05) is 13.0 Å². The lowest BCUT2D eigenvalue weighted by Gasteiger charge is -2.28. The number of benzene rings is 1. The second kappa shape index (κ2) is 5.06. The Morgan fingerprint density at radius 3 is 3.00 bits per heavy atom. The zero-order chi connectivity index (χ0) is 13.2. The Kier molecular flexibility index (Phi) is 3.66. The van der Waals surface area contributed by atoms with Crippen molar-refractivity contribution in [3.8, 4) is 0 Å². The van der Waals surface area contributed by atoms with Crippen molar-refractivity contribution in [2.45, 2.75) is 31.7 Å². The molecule has 0 amide bonds. The summed E-state index contributed by atoms with van der Waals surface area (Å²) in [6, 6.07) is 4.60. The fourth-order valence-electron chi connectivity index (χ4n) is 2.62. The Balaban J connectivity index is 2.42. The van der Waals surface area contributed by atoms with Crippen LogP contribution in [0.3, 0.4) is 0 Å². The summed E-state index contributed by atoms with van der Waals surface area (Å²) in [5.41, 5.74) is 0.946. The van der Waals surface area contributed by atoms with Crippen molar-refractivity contribution in [2.75, 3.05) is 13.7 Å². The molecule has 0 fully saturated rings. The van der Waals surface area contributed by atoms with E-state index in [0.29, 0.717) is 12.8 Å². The Morgan fingerprint density at radius 2 is 2.33 bits per heavy atom. The predicted molar refractivity (Wildman–Crippen MR) is 66.7 cm³/mol. The van der Waals surface area contributed by atoms with Crippen LogP contribution < -0.4 is 5.32 Å². The molecule has 0 aromatic heterocycles. The van der Waals surface area contributed by atoms with Crippen molar-refractivity contribution in [1.29, 1.82) is 0 Å². The van der Waals surface area contributed by atoms with E-state index in [1.54, 1.807) is 6.07 Å². The van der Waals surface area contributed by atoms with Crippen LogP contribution in [0.5, 0.6) is 0 Å². The van der Waals surface area contributed by atoms with E-state index < -0.39 is 5.54 Å². The van der Waals surface area contributed by atoms with Crippen molar-refractivity contribution in [1.82, 2.24) is 5.32 Å². The number of esters is 1. The molecule has 18 heavy (non-hydrogen) atoms. The standard InChI is InChI=1S/C14H18FNO2/c1-3-8-16-14(13(17)18-2)7-6-10-9-11(15)4-5-12(10)14/h4-5,9,16H,3,6-8H2,1-2H3. The van der Waals surface area contributed by atoms with Gasteiger partial charge >= 0.3 is 5.97 Å². The minimum Gasteiger partial charge on any atom is -0.467 e. The van der Waals surface area contributed by atoms with Crippen molar-refractivity contribution >= 4 is 5.97 Å². The minimum atomic E-state index is -0.798. The van der Waals surface area contributed by atoms with Gasteiger partial charge in [-0.3, -0.25) is 5.32 Å². The average Bonchev–Trinajstić information content (AvgIpc) is 2.74. The van der Waals surface area contributed by atoms with Crippen LogP contribution in [0, 0.1) is 5.82 Å². The molecule has 1 unspecified atom stereocenters. The first kappa shape index (κ1) is 13.0. The molecule has 0 saturated carbocycles. The first-order chi connectivity index (χ1) is 8.64. The Labute approximate surface area is 106 Å². The van der Waals surface area contributed by atoms with Gasteiger partial charge in [0.2, 0.25) is 0 Å². The molecular weight excluding hydrogens is 233 g/mol. The number of hydrogen-bond donors (Lipinski definition) is 1. The predicted octanol–water partition coefficient (Wildman–Crippen LogP) is 2.14. The molecule has 4 heteroatoms. The second-order valence-corrected chi connectivity index (χ2v) is 4.63. The maximum atomic E-state index is 13.2. The van der Waals surface area contributed by atoms with Gasteiger partial charge in [0.25, 0.3) is 0 Å². The lowest BCUT2D eigenvalue weighted by atomic mass is 9.91. The highest BCUT2D eigenvalue weighted by Gasteiger charge is 2.45. The number of aryl methyl sites for hydroxylation is 1. The number of ether oxygens (including phenoxy) is 1. The van der Waals surface area contributed by atoms with Gasteiger partial charge in [0.15, 0.2) is 0 Å². The molecule has 0 bridgehead atoms. The Bertz CT molecular complexity index is 461. The van der Waals surface area contributed by atoms with Crippen molar-refractivity contribution in [3.63, 3.8) is 0 Å². The third-order valence-electron chi connectivity index (χ3n) is 3.51. The van der Waals surface area contributed by atoms with Crippen molar-refractivity contribution in [2.24, 2.45) is 0 Å². The summed E-state index contributed by atoms with van der Waals surface area (Å²) in [6.07, 6.45) is 2.24. The topological polar surface area (TPSA) is 38.3 Å². The molecule has 1 aromatic carbocycles. The zero-order valence-electron chi connectivity index (χ0n) is 10.8. The summed E-state index contributed by atoms with van der Waals surface area (Å²) in [5.74, 6) is -0.550. The lowest BCUT2D eigenvalue weighted by Crippen LogP contribution is -2.48. The fraction of sp³-hybridized carbons (Fsp3) is 0.500. The quantitative estimate of drug-likeness (QED) is 0.833. The van der Waals surface area contributed by atoms with E-state index in [1.165, 1.54) is 19.2 Å². The number of carbonyl (C=O) groups excluding carboxylic acids is 1. The first-order valence-corrected chi connectivity index (χ1v) is 6.26. The van der Waals surface area contributed by atoms with E-state index in [-0.39, 0.29) is 11.8 Å². The SMILES string of the molecule is CCCNC1(C(=O)OC)CCc2cc(F)ccc21. The number of fused-ring (bicyclic) bond motifs is 1. The van der Waals surface area contributed by atoms with Crippen LogP contribution in [0.15, 0.2) is 18.2 Å². The van der Waals surface area contributed by atoms with Crippen molar-refractivity contribution in [3.05, 3.63) is 35.1 Å². The third-order valence-corrected chi connectivity index (χ3v) is 3.51. The van der Waals surface area contributed by atoms with Crippen LogP contribution in [0.2, 0.25) is 0 Å². The molecular formula is C14H18FNO2. The normalized spacial score (nSPS) is 21.7. The van der Waals surface area contributed by atoms with Gasteiger partial charge < -0.3 is 4.74 Å². The molecule has 1 N–H and O–H groups in total. The molecule has 0 spiro atoms. The fourth-order valence-corrected chi connectivity index (χ4v) is 2.62. The van der Waals surface area contributed by atoms with Gasteiger partial charge in [0.1, 0.15) is 11.4 Å². The van der Waals surface area contributed by atoms with Gasteiger partial charge in [-0.15, -0.1) is 0 Å². The smallest absolute Gasteiger partial charge is 0.330 e. The largest absolute Gasteiger partial charge is 0.467 e. The van der Waals surface area contributed by atoms with E-state index in [9.17, 15) is 9.18 Å². The van der Waals surface area contributed by atoms with E-state index in [2.05, 4.69) is 5.32 Å². The summed E-state index contributed by atoms with van der Waals surface area (Å²) < 4.78 is 18.1. The van der Waals surface area contributed by atoms with Crippen LogP contribution in [-0.2, 0) is 21.5 Å². The van der Waals surface area contributed by atoms with Gasteiger partial charge in [-0.25, -0.2) is 9.18 Å². The van der Waals surface area contributed by atoms with E-state index in [0.717, 1.165) is 24.1 Å². The van der Waals surface area contributed by atoms with Crippen LogP contribution in [0.4, 0.5) is 4.39 Å². The van der Waals surface area contributed by atoms with Crippen LogP contribution >= 0.6 is 0 Å². The molecule has 0 saturated heterocycles. The van der Waals surface area contributed by atoms with Crippen LogP contribution in [0.25, 0.3) is 0 Å². The maximum Gasteiger partial charge on any atom is 0.330 e. The molecule has 2 rings (SSSR count). The number of hydrogen-bond acceptors (Lipinski definition) is 3. The highest BCUT2D eigenvalue weighted by Crippen LogP contribution is 2.38. The monoisotopic (exact) mass is 251 g/mol. The number of nitrogens with one attached hydrogen (secondary N) is 1. The van der Waals surface area contributed by atoms with Gasteiger partial charge in [-0.2, -0.15) is 0 Å². The molecule has 0 aliphatic heterocycles. The van der Waals surface area contributed by atoms with Gasteiger partial charge in [-0.05, 0) is 49.1 Å². The van der Waals surface area contributed by atoms with E-state index in [1.807, 2.05) is 6.92 Å². The summed E-state index contributed by atoms with van der Waals surface area (Å²) in [4.78, 5) is 12.1. The minimum absolute atomic E-state index is 0.259. The molecule has 1 aliphatic carbocycles. The first-order valence-electron chi connectivity index (χ1n) is 6.26. The molecule has 98 valence electrons. The molecule has 0 radical (unpaired) electrons. The Hall–Kier alpha value is -1.42. The summed E-state index contributed by atoms with van der Waals surface area (Å²) in [6.45, 7) is 2.77. The summed E-state index contributed by atoms with van der Waals surface area (Å²) >= 11 is 0. The average molecular weight is 251 g/mol. The van der Waals surface area contributed by atoms with Crippen LogP contribution in [0.1, 0.15) is 30.9 Å². The molecule has 0 heterocycles. The highest BCUT2D eigenvalue weighted by molar-refractivity contribution is 5.84. The number of rotatable bonds is 4. The molecule has 1 aliphatic rings. The third kappa shape index (κ3) is 2.01. The van der Waals surface area contributed by atoms with Crippen molar-refractivity contribution < 1.29 is 13.9 Å². The number of methoxy groups -OCH3 is 1. The number of halogens is 1. The molecule has 1 atom stereocenters. The van der Waals surface area contributed by atoms with Gasteiger partial charge in [0, 0.05) is 0 Å². The highest BCUT2D eigenvalue weighted by atomic mass is 19.1.